The molecule has 3 rings (SSSR count). The summed E-state index contributed by atoms with van der Waals surface area (Å²) in [6, 6.07) is 16.1. The number of hydrogen-bond donors (Lipinski definition) is 2. The van der Waals surface area contributed by atoms with Gasteiger partial charge in [0.15, 0.2) is 5.16 Å². The lowest BCUT2D eigenvalue weighted by molar-refractivity contribution is -0.116. The van der Waals surface area contributed by atoms with Crippen molar-refractivity contribution in [1.82, 2.24) is 14.8 Å². The van der Waals surface area contributed by atoms with Gasteiger partial charge in [-0.2, -0.15) is 0 Å². The van der Waals surface area contributed by atoms with Gasteiger partial charge in [0.05, 0.1) is 0 Å². The molecular weight excluding hydrogens is 358 g/mol. The van der Waals surface area contributed by atoms with Crippen molar-refractivity contribution in [2.24, 2.45) is 0 Å². The van der Waals surface area contributed by atoms with E-state index in [1.807, 2.05) is 50.2 Å². The molecule has 27 heavy (non-hydrogen) atoms. The molecule has 0 radical (unpaired) electrons. The highest BCUT2D eigenvalue weighted by molar-refractivity contribution is 7.99. The van der Waals surface area contributed by atoms with Crippen LogP contribution in [-0.4, -0.2) is 26.4 Å². The molecule has 0 bridgehead atoms. The third-order valence-corrected chi connectivity index (χ3v) is 5.27. The van der Waals surface area contributed by atoms with Gasteiger partial charge in [0.2, 0.25) is 11.9 Å². The van der Waals surface area contributed by atoms with E-state index in [1.54, 1.807) is 16.3 Å². The first kappa shape index (κ1) is 19.0. The van der Waals surface area contributed by atoms with E-state index < -0.39 is 0 Å². The minimum Gasteiger partial charge on any atom is -0.368 e. The van der Waals surface area contributed by atoms with Crippen molar-refractivity contribution in [1.29, 1.82) is 0 Å². The molecule has 1 amide bonds. The number of amides is 1. The summed E-state index contributed by atoms with van der Waals surface area (Å²) in [5, 5.41) is 11.6. The zero-order chi connectivity index (χ0) is 19.2. The normalized spacial score (nSPS) is 10.7. The molecule has 2 aromatic carbocycles. The minimum atomic E-state index is -0.158. The van der Waals surface area contributed by atoms with E-state index in [-0.39, 0.29) is 18.4 Å². The van der Waals surface area contributed by atoms with E-state index in [9.17, 15) is 4.79 Å². The van der Waals surface area contributed by atoms with Gasteiger partial charge in [-0.05, 0) is 49.1 Å². The Hall–Kier alpha value is -2.80. The maximum absolute atomic E-state index is 12.4. The summed E-state index contributed by atoms with van der Waals surface area (Å²) in [5.41, 5.74) is 10.3. The van der Waals surface area contributed by atoms with Crippen molar-refractivity contribution in [2.75, 3.05) is 16.8 Å². The number of carbonyl (C=O) groups is 1. The van der Waals surface area contributed by atoms with Crippen molar-refractivity contribution in [3.05, 3.63) is 65.2 Å². The van der Waals surface area contributed by atoms with E-state index in [1.165, 1.54) is 11.1 Å². The monoisotopic (exact) mass is 381 g/mol. The van der Waals surface area contributed by atoms with Crippen molar-refractivity contribution >= 4 is 29.3 Å². The number of nitrogens with two attached hydrogens (primary N) is 1. The van der Waals surface area contributed by atoms with E-state index in [0.717, 1.165) is 23.4 Å². The van der Waals surface area contributed by atoms with Crippen molar-refractivity contribution in [2.45, 2.75) is 32.0 Å². The number of anilines is 2. The van der Waals surface area contributed by atoms with Crippen LogP contribution in [-0.2, 0) is 17.8 Å². The fourth-order valence-corrected chi connectivity index (χ4v) is 3.56. The van der Waals surface area contributed by atoms with E-state index >= 15 is 0 Å². The first-order chi connectivity index (χ1) is 13.0. The molecule has 0 spiro atoms. The predicted molar refractivity (Wildman–Crippen MR) is 110 cm³/mol. The zero-order valence-corrected chi connectivity index (χ0v) is 16.3. The number of nitrogen functional groups attached to an aromatic ring is 1. The van der Waals surface area contributed by atoms with Crippen LogP contribution in [0.1, 0.15) is 16.7 Å². The maximum atomic E-state index is 12.4. The third-order valence-electron chi connectivity index (χ3n) is 4.30. The van der Waals surface area contributed by atoms with Crippen LogP contribution in [0.15, 0.2) is 53.7 Å². The lowest BCUT2D eigenvalue weighted by Crippen LogP contribution is -2.20. The Balaban J connectivity index is 1.60. The van der Waals surface area contributed by atoms with Gasteiger partial charge in [-0.25, -0.2) is 0 Å². The van der Waals surface area contributed by atoms with Gasteiger partial charge < -0.3 is 11.1 Å². The number of nitrogens with zero attached hydrogens (tertiary/aromatic N) is 3. The quantitative estimate of drug-likeness (QED) is 0.612. The van der Waals surface area contributed by atoms with Gasteiger partial charge in [-0.15, -0.1) is 10.2 Å². The molecule has 6 nitrogen and oxygen atoms in total. The van der Waals surface area contributed by atoms with Gasteiger partial charge in [-0.3, -0.25) is 9.36 Å². The minimum absolute atomic E-state index is 0.0828. The van der Waals surface area contributed by atoms with Crippen LogP contribution < -0.4 is 11.1 Å². The van der Waals surface area contributed by atoms with E-state index in [4.69, 9.17) is 5.73 Å². The number of carbonyl (C=O) groups excluding carboxylic acids is 1. The maximum Gasteiger partial charge on any atom is 0.244 e. The topological polar surface area (TPSA) is 85.8 Å². The fraction of sp³-hybridized carbons (Fsp3) is 0.250. The Morgan fingerprint density at radius 3 is 2.63 bits per heavy atom. The predicted octanol–water partition coefficient (Wildman–Crippen LogP) is 3.45. The van der Waals surface area contributed by atoms with E-state index in [0.29, 0.717) is 5.16 Å². The summed E-state index contributed by atoms with van der Waals surface area (Å²) in [6.45, 7) is 4.14. The molecule has 0 saturated carbocycles. The highest BCUT2D eigenvalue weighted by Crippen LogP contribution is 2.20. The molecule has 0 aliphatic rings. The zero-order valence-electron chi connectivity index (χ0n) is 15.5. The van der Waals surface area contributed by atoms with E-state index in [2.05, 4.69) is 27.6 Å². The Labute approximate surface area is 163 Å². The summed E-state index contributed by atoms with van der Waals surface area (Å²) < 4.78 is 1.64. The standard InChI is InChI=1S/C20H23N5OS/c1-14-8-9-17(12-15(14)2)22-18(26)13-25-19(21)23-24-20(25)27-11-10-16-6-4-3-5-7-16/h3-9,12H,10-11,13H2,1-2H3,(H2,21,23)(H,22,26). The SMILES string of the molecule is Cc1ccc(NC(=O)Cn2c(N)nnc2SCCc2ccccc2)cc1C. The molecule has 140 valence electrons. The van der Waals surface area contributed by atoms with Crippen LogP contribution in [0.4, 0.5) is 11.6 Å². The van der Waals surface area contributed by atoms with Crippen molar-refractivity contribution < 1.29 is 4.79 Å². The second-order valence-electron chi connectivity index (χ2n) is 6.36. The molecule has 0 unspecified atom stereocenters. The highest BCUT2D eigenvalue weighted by Gasteiger charge is 2.14. The van der Waals surface area contributed by atoms with Gasteiger partial charge >= 0.3 is 0 Å². The average molecular weight is 382 g/mol. The summed E-state index contributed by atoms with van der Waals surface area (Å²) in [5.74, 6) is 0.920. The van der Waals surface area contributed by atoms with Gasteiger partial charge in [0.1, 0.15) is 6.54 Å². The van der Waals surface area contributed by atoms with Gasteiger partial charge in [-0.1, -0.05) is 48.2 Å². The summed E-state index contributed by atoms with van der Waals surface area (Å²) >= 11 is 1.54. The molecule has 3 N–H and O–H groups in total. The number of thioether (sulfide) groups is 1. The average Bonchev–Trinajstić information content (AvgIpc) is 2.99. The molecular formula is C20H23N5OS. The summed E-state index contributed by atoms with van der Waals surface area (Å²) in [6.07, 6.45) is 0.910. The first-order valence-electron chi connectivity index (χ1n) is 8.75. The smallest absolute Gasteiger partial charge is 0.244 e. The Kier molecular flexibility index (Phi) is 6.13. The molecule has 1 heterocycles. The number of aryl methyl sites for hydroxylation is 3. The summed E-state index contributed by atoms with van der Waals surface area (Å²) in [7, 11) is 0. The molecule has 1 aromatic heterocycles. The lowest BCUT2D eigenvalue weighted by Gasteiger charge is -2.10. The van der Waals surface area contributed by atoms with Crippen molar-refractivity contribution in [3.8, 4) is 0 Å². The molecule has 0 atom stereocenters. The molecule has 3 aromatic rings. The van der Waals surface area contributed by atoms with Crippen LogP contribution in [0.3, 0.4) is 0 Å². The van der Waals surface area contributed by atoms with Crippen molar-refractivity contribution in [3.63, 3.8) is 0 Å². The van der Waals surface area contributed by atoms with Crippen LogP contribution in [0, 0.1) is 13.8 Å². The number of hydrogen-bond acceptors (Lipinski definition) is 5. The molecule has 7 heteroatoms. The summed E-state index contributed by atoms with van der Waals surface area (Å²) in [4.78, 5) is 12.4. The highest BCUT2D eigenvalue weighted by atomic mass is 32.2. The molecule has 0 aliphatic heterocycles. The third kappa shape index (κ3) is 5.10. The second-order valence-corrected chi connectivity index (χ2v) is 7.42. The number of nitrogens with one attached hydrogen (secondary N) is 1. The second kappa shape index (κ2) is 8.73. The molecule has 0 fully saturated rings. The van der Waals surface area contributed by atoms with Crippen LogP contribution >= 0.6 is 11.8 Å². The fourth-order valence-electron chi connectivity index (χ4n) is 2.62. The Morgan fingerprint density at radius 1 is 1.11 bits per heavy atom. The van der Waals surface area contributed by atoms with Gasteiger partial charge in [0, 0.05) is 11.4 Å². The Bertz CT molecular complexity index is 923. The Morgan fingerprint density at radius 2 is 1.89 bits per heavy atom. The number of rotatable bonds is 7. The first-order valence-corrected chi connectivity index (χ1v) is 9.74. The van der Waals surface area contributed by atoms with Crippen LogP contribution in [0.25, 0.3) is 0 Å². The van der Waals surface area contributed by atoms with Crippen LogP contribution in [0.2, 0.25) is 0 Å². The lowest BCUT2D eigenvalue weighted by atomic mass is 10.1. The number of benzene rings is 2. The van der Waals surface area contributed by atoms with Crippen LogP contribution in [0.5, 0.6) is 0 Å². The number of aromatic nitrogens is 3. The largest absolute Gasteiger partial charge is 0.368 e. The van der Waals surface area contributed by atoms with Gasteiger partial charge in [0.25, 0.3) is 0 Å². The molecule has 0 aliphatic carbocycles. The molecule has 0 saturated heterocycles.